The van der Waals surface area contributed by atoms with Crippen LogP contribution >= 0.6 is 28.3 Å². The molecule has 0 saturated heterocycles. The van der Waals surface area contributed by atoms with Gasteiger partial charge in [-0.05, 0) is 38.5 Å². The summed E-state index contributed by atoms with van der Waals surface area (Å²) < 4.78 is 6.57. The molecule has 1 unspecified atom stereocenters. The zero-order chi connectivity index (χ0) is 14.0. The molecule has 0 spiro atoms. The van der Waals surface area contributed by atoms with E-state index in [4.69, 9.17) is 10.2 Å². The normalized spacial score (nSPS) is 12.0. The number of benzene rings is 1. The Morgan fingerprint density at radius 1 is 1.50 bits per heavy atom. The minimum Gasteiger partial charge on any atom is -0.451 e. The highest BCUT2D eigenvalue weighted by Gasteiger charge is 2.17. The van der Waals surface area contributed by atoms with Crippen molar-refractivity contribution in [3.63, 3.8) is 0 Å². The van der Waals surface area contributed by atoms with Crippen LogP contribution in [0.15, 0.2) is 27.1 Å². The topological polar surface area (TPSA) is 68.3 Å². The number of rotatable bonds is 4. The maximum absolute atomic E-state index is 12.0. The second kappa shape index (κ2) is 7.11. The van der Waals surface area contributed by atoms with E-state index >= 15 is 0 Å². The number of furan rings is 1. The fraction of sp³-hybridized carbons (Fsp3) is 0.357. The summed E-state index contributed by atoms with van der Waals surface area (Å²) in [4.78, 5) is 12.0. The lowest BCUT2D eigenvalue weighted by Crippen LogP contribution is -2.29. The van der Waals surface area contributed by atoms with E-state index in [2.05, 4.69) is 21.2 Å². The van der Waals surface area contributed by atoms with Gasteiger partial charge in [-0.3, -0.25) is 4.79 Å². The average molecular weight is 362 g/mol. The zero-order valence-corrected chi connectivity index (χ0v) is 13.8. The van der Waals surface area contributed by atoms with Crippen molar-refractivity contribution in [1.29, 1.82) is 0 Å². The standard InChI is InChI=1S/C14H17BrN2O2.ClH/c1-8(16)5-6-17-14(18)13-9(2)11-7-10(15)3-4-12(11)19-13;/h3-4,7-8H,5-6,16H2,1-2H3,(H,17,18);1H. The molecule has 4 nitrogen and oxygen atoms in total. The summed E-state index contributed by atoms with van der Waals surface area (Å²) in [5.74, 6) is 0.184. The van der Waals surface area contributed by atoms with Crippen LogP contribution in [-0.2, 0) is 0 Å². The van der Waals surface area contributed by atoms with Crippen LogP contribution in [0.2, 0.25) is 0 Å². The van der Waals surface area contributed by atoms with Crippen molar-refractivity contribution < 1.29 is 9.21 Å². The van der Waals surface area contributed by atoms with Crippen molar-refractivity contribution in [2.75, 3.05) is 6.54 Å². The minimum absolute atomic E-state index is 0. The minimum atomic E-state index is -0.189. The van der Waals surface area contributed by atoms with Crippen molar-refractivity contribution >= 4 is 45.2 Å². The summed E-state index contributed by atoms with van der Waals surface area (Å²) in [6.45, 7) is 4.35. The molecule has 1 amide bonds. The molecule has 1 aromatic heterocycles. The first-order chi connectivity index (χ1) is 8.99. The maximum Gasteiger partial charge on any atom is 0.287 e. The molecule has 3 N–H and O–H groups in total. The van der Waals surface area contributed by atoms with E-state index in [1.54, 1.807) is 0 Å². The molecule has 0 aliphatic rings. The third-order valence-corrected chi connectivity index (χ3v) is 3.48. The summed E-state index contributed by atoms with van der Waals surface area (Å²) in [5, 5.41) is 3.77. The van der Waals surface area contributed by atoms with Gasteiger partial charge in [0.15, 0.2) is 5.76 Å². The number of carbonyl (C=O) groups excluding carboxylic acids is 1. The van der Waals surface area contributed by atoms with E-state index in [0.717, 1.165) is 27.4 Å². The highest BCUT2D eigenvalue weighted by Crippen LogP contribution is 2.27. The van der Waals surface area contributed by atoms with Crippen LogP contribution in [0.25, 0.3) is 11.0 Å². The molecule has 0 radical (unpaired) electrons. The smallest absolute Gasteiger partial charge is 0.287 e. The van der Waals surface area contributed by atoms with E-state index in [1.807, 2.05) is 32.0 Å². The Bertz CT molecular complexity index is 610. The van der Waals surface area contributed by atoms with Crippen molar-refractivity contribution in [2.45, 2.75) is 26.3 Å². The highest BCUT2D eigenvalue weighted by atomic mass is 79.9. The van der Waals surface area contributed by atoms with Gasteiger partial charge in [0, 0.05) is 28.0 Å². The van der Waals surface area contributed by atoms with Crippen molar-refractivity contribution in [2.24, 2.45) is 5.73 Å². The molecule has 0 fully saturated rings. The number of fused-ring (bicyclic) bond motifs is 1. The van der Waals surface area contributed by atoms with Gasteiger partial charge < -0.3 is 15.5 Å². The number of halogens is 2. The fourth-order valence-corrected chi connectivity index (χ4v) is 2.26. The van der Waals surface area contributed by atoms with Crippen molar-refractivity contribution in [3.05, 3.63) is 34.0 Å². The maximum atomic E-state index is 12.0. The molecule has 6 heteroatoms. The Kier molecular flexibility index (Phi) is 6.05. The number of hydrogen-bond acceptors (Lipinski definition) is 3. The van der Waals surface area contributed by atoms with Crippen molar-refractivity contribution in [1.82, 2.24) is 5.32 Å². The monoisotopic (exact) mass is 360 g/mol. The van der Waals surface area contributed by atoms with E-state index in [0.29, 0.717) is 12.3 Å². The van der Waals surface area contributed by atoms with Crippen molar-refractivity contribution in [3.8, 4) is 0 Å². The predicted octanol–water partition coefficient (Wildman–Crippen LogP) is 3.39. The highest BCUT2D eigenvalue weighted by molar-refractivity contribution is 9.10. The van der Waals surface area contributed by atoms with Crippen LogP contribution in [0, 0.1) is 6.92 Å². The number of hydrogen-bond donors (Lipinski definition) is 2. The number of nitrogens with one attached hydrogen (secondary N) is 1. The molecule has 2 rings (SSSR count). The number of nitrogens with two attached hydrogens (primary N) is 1. The first-order valence-corrected chi connectivity index (χ1v) is 7.00. The molecule has 1 aromatic carbocycles. The van der Waals surface area contributed by atoms with Gasteiger partial charge in [0.1, 0.15) is 5.58 Å². The van der Waals surface area contributed by atoms with Crippen LogP contribution in [0.5, 0.6) is 0 Å². The number of amides is 1. The molecule has 1 atom stereocenters. The number of carbonyl (C=O) groups is 1. The Balaban J connectivity index is 0.00000200. The van der Waals surface area contributed by atoms with Gasteiger partial charge in [-0.2, -0.15) is 0 Å². The van der Waals surface area contributed by atoms with E-state index in [9.17, 15) is 4.79 Å². The molecular weight excluding hydrogens is 344 g/mol. The summed E-state index contributed by atoms with van der Waals surface area (Å²) in [7, 11) is 0. The van der Waals surface area contributed by atoms with Crippen LogP contribution in [-0.4, -0.2) is 18.5 Å². The molecule has 1 heterocycles. The molecule has 0 bridgehead atoms. The predicted molar refractivity (Wildman–Crippen MR) is 86.5 cm³/mol. The van der Waals surface area contributed by atoms with Gasteiger partial charge in [0.05, 0.1) is 0 Å². The first kappa shape index (κ1) is 17.0. The first-order valence-electron chi connectivity index (χ1n) is 6.21. The van der Waals surface area contributed by atoms with Crippen LogP contribution < -0.4 is 11.1 Å². The van der Waals surface area contributed by atoms with E-state index in [1.165, 1.54) is 0 Å². The quantitative estimate of drug-likeness (QED) is 0.877. The third-order valence-electron chi connectivity index (χ3n) is 2.99. The fourth-order valence-electron chi connectivity index (χ4n) is 1.90. The summed E-state index contributed by atoms with van der Waals surface area (Å²) >= 11 is 3.41. The van der Waals surface area contributed by atoms with Crippen LogP contribution in [0.1, 0.15) is 29.5 Å². The molecule has 20 heavy (non-hydrogen) atoms. The van der Waals surface area contributed by atoms with Crippen LogP contribution in [0.4, 0.5) is 0 Å². The molecule has 0 saturated carbocycles. The SMILES string of the molecule is Cc1c(C(=O)NCCC(C)N)oc2ccc(Br)cc12.Cl. The second-order valence-electron chi connectivity index (χ2n) is 4.72. The Morgan fingerprint density at radius 3 is 2.85 bits per heavy atom. The molecule has 110 valence electrons. The molecule has 2 aromatic rings. The van der Waals surface area contributed by atoms with Gasteiger partial charge in [-0.25, -0.2) is 0 Å². The van der Waals surface area contributed by atoms with Gasteiger partial charge in [0.25, 0.3) is 5.91 Å². The van der Waals surface area contributed by atoms with Gasteiger partial charge in [-0.1, -0.05) is 15.9 Å². The Labute approximate surface area is 132 Å². The Hall–Kier alpha value is -1.04. The van der Waals surface area contributed by atoms with Gasteiger partial charge in [0.2, 0.25) is 0 Å². The zero-order valence-electron chi connectivity index (χ0n) is 11.4. The molecular formula is C14H18BrClN2O2. The number of aryl methyl sites for hydroxylation is 1. The van der Waals surface area contributed by atoms with Gasteiger partial charge in [-0.15, -0.1) is 12.4 Å². The summed E-state index contributed by atoms with van der Waals surface area (Å²) in [6.07, 6.45) is 0.747. The lowest BCUT2D eigenvalue weighted by atomic mass is 10.1. The third kappa shape index (κ3) is 3.75. The van der Waals surface area contributed by atoms with Crippen LogP contribution in [0.3, 0.4) is 0 Å². The average Bonchev–Trinajstić information content (AvgIpc) is 2.66. The summed E-state index contributed by atoms with van der Waals surface area (Å²) in [6, 6.07) is 5.77. The Morgan fingerprint density at radius 2 is 2.20 bits per heavy atom. The van der Waals surface area contributed by atoms with E-state index < -0.39 is 0 Å². The summed E-state index contributed by atoms with van der Waals surface area (Å²) in [5.41, 5.74) is 7.22. The largest absolute Gasteiger partial charge is 0.451 e. The lowest BCUT2D eigenvalue weighted by Gasteiger charge is -2.06. The second-order valence-corrected chi connectivity index (χ2v) is 5.63. The van der Waals surface area contributed by atoms with Gasteiger partial charge >= 0.3 is 0 Å². The lowest BCUT2D eigenvalue weighted by molar-refractivity contribution is 0.0926. The molecule has 0 aliphatic heterocycles. The molecule has 0 aliphatic carbocycles. The van der Waals surface area contributed by atoms with E-state index in [-0.39, 0.29) is 24.4 Å².